The highest BCUT2D eigenvalue weighted by atomic mass is 16.5. The molecule has 16 heavy (non-hydrogen) atoms. The monoisotopic (exact) mass is 221 g/mol. The second-order valence-corrected chi connectivity index (χ2v) is 4.43. The molecule has 0 spiro atoms. The molecule has 1 saturated carbocycles. The highest BCUT2D eigenvalue weighted by Gasteiger charge is 2.25. The zero-order valence-electron chi connectivity index (χ0n) is 9.86. The summed E-state index contributed by atoms with van der Waals surface area (Å²) in [5.74, 6) is 0.829. The van der Waals surface area contributed by atoms with E-state index >= 15 is 0 Å². The van der Waals surface area contributed by atoms with Gasteiger partial charge in [0.1, 0.15) is 5.75 Å². The van der Waals surface area contributed by atoms with Gasteiger partial charge in [-0.2, -0.15) is 0 Å². The predicted octanol–water partition coefficient (Wildman–Crippen LogP) is 1.79. The summed E-state index contributed by atoms with van der Waals surface area (Å²) >= 11 is 0. The second-order valence-electron chi connectivity index (χ2n) is 4.43. The summed E-state index contributed by atoms with van der Waals surface area (Å²) in [5.41, 5.74) is 2.04. The molecule has 0 radical (unpaired) electrons. The third-order valence-electron chi connectivity index (χ3n) is 2.74. The Bertz CT molecular complexity index is 361. The summed E-state index contributed by atoms with van der Waals surface area (Å²) in [4.78, 5) is 0. The zero-order chi connectivity index (χ0) is 11.5. The fourth-order valence-electron chi connectivity index (χ4n) is 1.70. The van der Waals surface area contributed by atoms with E-state index in [1.165, 1.54) is 0 Å². The van der Waals surface area contributed by atoms with Crippen molar-refractivity contribution in [2.75, 3.05) is 13.6 Å². The first-order valence-electron chi connectivity index (χ1n) is 5.80. The van der Waals surface area contributed by atoms with Crippen molar-refractivity contribution in [3.63, 3.8) is 0 Å². The first-order valence-corrected chi connectivity index (χ1v) is 5.80. The van der Waals surface area contributed by atoms with Crippen LogP contribution < -0.4 is 10.1 Å². The van der Waals surface area contributed by atoms with E-state index in [-0.39, 0.29) is 0 Å². The van der Waals surface area contributed by atoms with Crippen LogP contribution >= 0.6 is 0 Å². The predicted molar refractivity (Wildman–Crippen MR) is 63.7 cm³/mol. The van der Waals surface area contributed by atoms with Gasteiger partial charge in [0.05, 0.1) is 12.2 Å². The van der Waals surface area contributed by atoms with Crippen molar-refractivity contribution in [3.05, 3.63) is 29.3 Å². The van der Waals surface area contributed by atoms with Gasteiger partial charge in [0.2, 0.25) is 0 Å². The number of hydrogen-bond acceptors (Lipinski definition) is 3. The van der Waals surface area contributed by atoms with E-state index in [4.69, 9.17) is 4.74 Å². The molecule has 1 aromatic carbocycles. The average Bonchev–Trinajstić information content (AvgIpc) is 3.05. The molecule has 1 unspecified atom stereocenters. The molecule has 3 heteroatoms. The molecule has 0 amide bonds. The topological polar surface area (TPSA) is 41.5 Å². The highest BCUT2D eigenvalue weighted by Crippen LogP contribution is 2.32. The maximum atomic E-state index is 10.0. The van der Waals surface area contributed by atoms with Crippen LogP contribution in [-0.2, 0) is 0 Å². The Morgan fingerprint density at radius 1 is 1.50 bits per heavy atom. The Balaban J connectivity index is 2.19. The Labute approximate surface area is 96.4 Å². The molecule has 1 aromatic rings. The average molecular weight is 221 g/mol. The van der Waals surface area contributed by atoms with E-state index in [0.717, 1.165) is 29.7 Å². The van der Waals surface area contributed by atoms with E-state index in [1.807, 2.05) is 32.2 Å². The molecule has 0 aliphatic heterocycles. The summed E-state index contributed by atoms with van der Waals surface area (Å²) in [5, 5.41) is 13.0. The Hall–Kier alpha value is -1.06. The van der Waals surface area contributed by atoms with Gasteiger partial charge < -0.3 is 15.2 Å². The van der Waals surface area contributed by atoms with Crippen LogP contribution in [0.4, 0.5) is 0 Å². The molecule has 0 bridgehead atoms. The Morgan fingerprint density at radius 2 is 2.25 bits per heavy atom. The van der Waals surface area contributed by atoms with Crippen molar-refractivity contribution < 1.29 is 9.84 Å². The van der Waals surface area contributed by atoms with Crippen LogP contribution in [0.25, 0.3) is 0 Å². The molecular weight excluding hydrogens is 202 g/mol. The number of nitrogens with one attached hydrogen (secondary N) is 1. The Morgan fingerprint density at radius 3 is 2.88 bits per heavy atom. The van der Waals surface area contributed by atoms with Crippen molar-refractivity contribution in [3.8, 4) is 5.75 Å². The van der Waals surface area contributed by atoms with Crippen LogP contribution in [0.5, 0.6) is 5.75 Å². The lowest BCUT2D eigenvalue weighted by atomic mass is 10.1. The highest BCUT2D eigenvalue weighted by molar-refractivity contribution is 5.39. The van der Waals surface area contributed by atoms with Crippen LogP contribution in [0.15, 0.2) is 18.2 Å². The van der Waals surface area contributed by atoms with Gasteiger partial charge in [-0.15, -0.1) is 0 Å². The Kier molecular flexibility index (Phi) is 3.46. The SMILES string of the molecule is CNCC(O)c1cc(C)ccc1OC1CC1. The van der Waals surface area contributed by atoms with E-state index in [2.05, 4.69) is 5.32 Å². The molecule has 0 saturated heterocycles. The van der Waals surface area contributed by atoms with Gasteiger partial charge in [-0.25, -0.2) is 0 Å². The van der Waals surface area contributed by atoms with Gasteiger partial charge in [-0.1, -0.05) is 11.6 Å². The summed E-state index contributed by atoms with van der Waals surface area (Å²) in [6.07, 6.45) is 2.13. The molecule has 1 atom stereocenters. The minimum atomic E-state index is -0.501. The first-order chi connectivity index (χ1) is 7.70. The molecule has 1 aliphatic carbocycles. The molecule has 1 fully saturated rings. The third kappa shape index (κ3) is 2.74. The maximum absolute atomic E-state index is 10.0. The van der Waals surface area contributed by atoms with Crippen LogP contribution in [-0.4, -0.2) is 24.8 Å². The van der Waals surface area contributed by atoms with Gasteiger partial charge in [-0.05, 0) is 38.9 Å². The van der Waals surface area contributed by atoms with Crippen molar-refractivity contribution >= 4 is 0 Å². The van der Waals surface area contributed by atoms with E-state index in [0.29, 0.717) is 12.6 Å². The van der Waals surface area contributed by atoms with Gasteiger partial charge >= 0.3 is 0 Å². The molecule has 1 aliphatic rings. The first kappa shape index (κ1) is 11.4. The van der Waals surface area contributed by atoms with Crippen LogP contribution in [0.2, 0.25) is 0 Å². The number of rotatable bonds is 5. The minimum Gasteiger partial charge on any atom is -0.490 e. The second kappa shape index (κ2) is 4.85. The number of aliphatic hydroxyl groups excluding tert-OH is 1. The molecule has 88 valence electrons. The number of likely N-dealkylation sites (N-methyl/N-ethyl adjacent to an activating group) is 1. The zero-order valence-corrected chi connectivity index (χ0v) is 9.86. The van der Waals surface area contributed by atoms with Gasteiger partial charge in [-0.3, -0.25) is 0 Å². The van der Waals surface area contributed by atoms with Gasteiger partial charge in [0, 0.05) is 12.1 Å². The summed E-state index contributed by atoms with van der Waals surface area (Å²) in [6.45, 7) is 2.57. The minimum absolute atomic E-state index is 0.364. The standard InChI is InChI=1S/C13H19NO2/c1-9-3-6-13(16-10-4-5-10)11(7-9)12(15)8-14-2/h3,6-7,10,12,14-15H,4-5,8H2,1-2H3. The number of benzene rings is 1. The summed E-state index contributed by atoms with van der Waals surface area (Å²) < 4.78 is 5.79. The van der Waals surface area contributed by atoms with Crippen LogP contribution in [0.1, 0.15) is 30.1 Å². The lowest BCUT2D eigenvalue weighted by Gasteiger charge is -2.16. The van der Waals surface area contributed by atoms with E-state index in [1.54, 1.807) is 0 Å². The normalized spacial score (nSPS) is 17.2. The molecule has 0 aromatic heterocycles. The molecular formula is C13H19NO2. The number of hydrogen-bond donors (Lipinski definition) is 2. The summed E-state index contributed by atoms with van der Waals surface area (Å²) in [7, 11) is 1.83. The van der Waals surface area contributed by atoms with Crippen LogP contribution in [0.3, 0.4) is 0 Å². The van der Waals surface area contributed by atoms with Crippen molar-refractivity contribution in [1.82, 2.24) is 5.32 Å². The van der Waals surface area contributed by atoms with E-state index < -0.39 is 6.10 Å². The largest absolute Gasteiger partial charge is 0.490 e. The van der Waals surface area contributed by atoms with E-state index in [9.17, 15) is 5.11 Å². The van der Waals surface area contributed by atoms with Crippen LogP contribution in [0, 0.1) is 6.92 Å². The van der Waals surface area contributed by atoms with Crippen molar-refractivity contribution in [2.45, 2.75) is 32.0 Å². The quantitative estimate of drug-likeness (QED) is 0.796. The number of ether oxygens (including phenoxy) is 1. The lowest BCUT2D eigenvalue weighted by molar-refractivity contribution is 0.170. The molecule has 0 heterocycles. The summed E-state index contributed by atoms with van der Waals surface area (Å²) in [6, 6.07) is 5.98. The lowest BCUT2D eigenvalue weighted by Crippen LogP contribution is -2.17. The van der Waals surface area contributed by atoms with Crippen molar-refractivity contribution in [1.29, 1.82) is 0 Å². The molecule has 2 N–H and O–H groups in total. The van der Waals surface area contributed by atoms with Gasteiger partial charge in [0.15, 0.2) is 0 Å². The number of aliphatic hydroxyl groups is 1. The molecule has 2 rings (SSSR count). The smallest absolute Gasteiger partial charge is 0.125 e. The fourth-order valence-corrected chi connectivity index (χ4v) is 1.70. The van der Waals surface area contributed by atoms with Gasteiger partial charge in [0.25, 0.3) is 0 Å². The number of aryl methyl sites for hydroxylation is 1. The fraction of sp³-hybridized carbons (Fsp3) is 0.538. The third-order valence-corrected chi connectivity index (χ3v) is 2.74. The maximum Gasteiger partial charge on any atom is 0.125 e. The molecule has 3 nitrogen and oxygen atoms in total. The van der Waals surface area contributed by atoms with Crippen molar-refractivity contribution in [2.24, 2.45) is 0 Å².